The Balaban J connectivity index is 1.60. The molecule has 0 amide bonds. The summed E-state index contributed by atoms with van der Waals surface area (Å²) in [5.74, 6) is 2.18. The van der Waals surface area contributed by atoms with Crippen LogP contribution >= 0.6 is 0 Å². The lowest BCUT2D eigenvalue weighted by atomic mass is 9.87. The first kappa shape index (κ1) is 19.1. The van der Waals surface area contributed by atoms with Crippen LogP contribution in [-0.4, -0.2) is 9.55 Å². The molecule has 0 bridgehead atoms. The van der Waals surface area contributed by atoms with Gasteiger partial charge in [0.25, 0.3) is 0 Å². The zero-order valence-corrected chi connectivity index (χ0v) is 17.6. The zero-order valence-electron chi connectivity index (χ0n) is 17.6. The van der Waals surface area contributed by atoms with E-state index in [1.165, 1.54) is 61.0 Å². The molecule has 1 aliphatic carbocycles. The molecule has 1 saturated carbocycles. The molecule has 0 radical (unpaired) electrons. The van der Waals surface area contributed by atoms with E-state index in [2.05, 4.69) is 89.5 Å². The number of aryl methyl sites for hydroxylation is 1. The van der Waals surface area contributed by atoms with Gasteiger partial charge in [-0.15, -0.1) is 0 Å². The van der Waals surface area contributed by atoms with Crippen molar-refractivity contribution in [3.8, 4) is 0 Å². The van der Waals surface area contributed by atoms with Gasteiger partial charge in [0.1, 0.15) is 5.82 Å². The zero-order chi connectivity index (χ0) is 20.2. The molecule has 1 aliphatic rings. The van der Waals surface area contributed by atoms with Crippen LogP contribution in [-0.2, 0) is 6.54 Å². The van der Waals surface area contributed by atoms with Crippen molar-refractivity contribution in [2.45, 2.75) is 51.0 Å². The van der Waals surface area contributed by atoms with Crippen molar-refractivity contribution < 1.29 is 0 Å². The van der Waals surface area contributed by atoms with E-state index in [1.807, 2.05) is 0 Å². The lowest BCUT2D eigenvalue weighted by molar-refractivity contribution is 0.324. The summed E-state index contributed by atoms with van der Waals surface area (Å²) in [7, 11) is 0. The Morgan fingerprint density at radius 3 is 2.00 bits per heavy atom. The van der Waals surface area contributed by atoms with Crippen molar-refractivity contribution in [1.29, 1.82) is 0 Å². The van der Waals surface area contributed by atoms with E-state index in [0.717, 1.165) is 18.0 Å². The van der Waals surface area contributed by atoms with Crippen LogP contribution in [0.3, 0.4) is 0 Å². The van der Waals surface area contributed by atoms with E-state index in [1.54, 1.807) is 0 Å². The molecule has 2 nitrogen and oxygen atoms in total. The number of hydrogen-bond donors (Lipinski definition) is 0. The Labute approximate surface area is 179 Å². The molecule has 4 aromatic rings. The smallest absolute Gasteiger partial charge is 0.121 e. The molecule has 0 aliphatic heterocycles. The first-order valence-corrected chi connectivity index (χ1v) is 11.5. The first-order valence-electron chi connectivity index (χ1n) is 11.5. The quantitative estimate of drug-likeness (QED) is 0.338. The van der Waals surface area contributed by atoms with Crippen molar-refractivity contribution >= 4 is 11.0 Å². The molecule has 0 saturated heterocycles. The number of fused-ring (bicyclic) bond motifs is 1. The topological polar surface area (TPSA) is 17.8 Å². The average Bonchev–Trinajstić information content (AvgIpc) is 3.18. The Bertz CT molecular complexity index is 1040. The summed E-state index contributed by atoms with van der Waals surface area (Å²) < 4.78 is 2.51. The Kier molecular flexibility index (Phi) is 5.65. The normalized spacial score (nSPS) is 15.1. The number of hydrogen-bond acceptors (Lipinski definition) is 1. The van der Waals surface area contributed by atoms with Gasteiger partial charge in [-0.25, -0.2) is 4.98 Å². The number of aromatic nitrogens is 2. The van der Waals surface area contributed by atoms with Gasteiger partial charge in [-0.3, -0.25) is 0 Å². The van der Waals surface area contributed by atoms with Crippen molar-refractivity contribution in [2.24, 2.45) is 5.92 Å². The maximum absolute atomic E-state index is 5.19. The maximum Gasteiger partial charge on any atom is 0.121 e. The highest BCUT2D eigenvalue weighted by Gasteiger charge is 2.24. The summed E-state index contributed by atoms with van der Waals surface area (Å²) in [6.07, 6.45) is 8.26. The molecule has 152 valence electrons. The summed E-state index contributed by atoms with van der Waals surface area (Å²) >= 11 is 0. The van der Waals surface area contributed by atoms with Crippen LogP contribution in [0.5, 0.6) is 0 Å². The molecule has 30 heavy (non-hydrogen) atoms. The summed E-state index contributed by atoms with van der Waals surface area (Å²) in [6.45, 7) is 1.05. The number of para-hydroxylation sites is 2. The molecule has 1 aromatic heterocycles. The lowest BCUT2D eigenvalue weighted by Crippen LogP contribution is -2.15. The molecule has 1 fully saturated rings. The number of imidazole rings is 1. The minimum absolute atomic E-state index is 0.145. The van der Waals surface area contributed by atoms with Gasteiger partial charge in [-0.05, 0) is 35.6 Å². The van der Waals surface area contributed by atoms with Crippen molar-refractivity contribution in [2.75, 3.05) is 0 Å². The molecule has 5 rings (SSSR count). The van der Waals surface area contributed by atoms with Crippen LogP contribution in [0, 0.1) is 5.92 Å². The van der Waals surface area contributed by atoms with Gasteiger partial charge in [0, 0.05) is 6.54 Å². The fourth-order valence-corrected chi connectivity index (χ4v) is 5.12. The number of nitrogens with zero attached hydrogens (tertiary/aromatic N) is 2. The highest BCUT2D eigenvalue weighted by atomic mass is 15.1. The van der Waals surface area contributed by atoms with Crippen LogP contribution < -0.4 is 0 Å². The predicted molar refractivity (Wildman–Crippen MR) is 125 cm³/mol. The lowest BCUT2D eigenvalue weighted by Gasteiger charge is -2.24. The molecule has 1 heterocycles. The fourth-order valence-electron chi connectivity index (χ4n) is 5.12. The van der Waals surface area contributed by atoms with E-state index < -0.39 is 0 Å². The predicted octanol–water partition coefficient (Wildman–Crippen LogP) is 7.19. The summed E-state index contributed by atoms with van der Waals surface area (Å²) in [5.41, 5.74) is 4.98. The molecule has 0 spiro atoms. The summed E-state index contributed by atoms with van der Waals surface area (Å²) in [6, 6.07) is 30.3. The van der Waals surface area contributed by atoms with E-state index >= 15 is 0 Å². The van der Waals surface area contributed by atoms with Gasteiger partial charge < -0.3 is 4.57 Å². The minimum atomic E-state index is 0.145. The fraction of sp³-hybridized carbons (Fsp3) is 0.321. The Hall–Kier alpha value is -2.87. The number of rotatable bonds is 6. The van der Waals surface area contributed by atoms with Gasteiger partial charge in [0.15, 0.2) is 0 Å². The average molecular weight is 395 g/mol. The second-order valence-corrected chi connectivity index (χ2v) is 8.66. The first-order chi connectivity index (χ1) is 14.9. The Morgan fingerprint density at radius 2 is 1.33 bits per heavy atom. The van der Waals surface area contributed by atoms with E-state index in [9.17, 15) is 0 Å². The highest BCUT2D eigenvalue weighted by Crippen LogP contribution is 2.34. The minimum Gasteiger partial charge on any atom is -0.327 e. The molecule has 2 heteroatoms. The van der Waals surface area contributed by atoms with Gasteiger partial charge in [0.2, 0.25) is 0 Å². The van der Waals surface area contributed by atoms with Gasteiger partial charge in [0.05, 0.1) is 17.0 Å². The molecule has 0 atom stereocenters. The van der Waals surface area contributed by atoms with Crippen molar-refractivity contribution in [3.05, 3.63) is 102 Å². The van der Waals surface area contributed by atoms with Gasteiger partial charge in [-0.1, -0.05) is 105 Å². The number of benzene rings is 3. The third kappa shape index (κ3) is 3.92. The van der Waals surface area contributed by atoms with Crippen LogP contribution in [0.25, 0.3) is 11.0 Å². The Morgan fingerprint density at radius 1 is 0.733 bits per heavy atom. The van der Waals surface area contributed by atoms with Gasteiger partial charge in [-0.2, -0.15) is 0 Å². The molecule has 0 N–H and O–H groups in total. The van der Waals surface area contributed by atoms with Crippen molar-refractivity contribution in [3.63, 3.8) is 0 Å². The molecule has 3 aromatic carbocycles. The maximum atomic E-state index is 5.19. The molecule has 0 unspecified atom stereocenters. The van der Waals surface area contributed by atoms with Crippen LogP contribution in [0.4, 0.5) is 0 Å². The van der Waals surface area contributed by atoms with E-state index in [-0.39, 0.29) is 5.92 Å². The SMILES string of the molecule is c1ccc(C(c2ccccc2)c2nc3ccccc3n2CCC2CCCCC2)cc1. The standard InChI is InChI=1S/C28H30N2/c1-4-12-22(13-5-1)20-21-30-26-19-11-10-18-25(26)29-28(30)27(23-14-6-2-7-15-23)24-16-8-3-9-17-24/h2-3,6-11,14-19,22,27H,1,4-5,12-13,20-21H2. The largest absolute Gasteiger partial charge is 0.327 e. The van der Waals surface area contributed by atoms with Gasteiger partial charge >= 0.3 is 0 Å². The van der Waals surface area contributed by atoms with E-state index in [4.69, 9.17) is 4.98 Å². The second-order valence-electron chi connectivity index (χ2n) is 8.66. The summed E-state index contributed by atoms with van der Waals surface area (Å²) in [5, 5.41) is 0. The van der Waals surface area contributed by atoms with Crippen LogP contribution in [0.2, 0.25) is 0 Å². The molecular weight excluding hydrogens is 364 g/mol. The third-order valence-corrected chi connectivity index (χ3v) is 6.69. The van der Waals surface area contributed by atoms with Crippen LogP contribution in [0.1, 0.15) is 61.4 Å². The second kappa shape index (κ2) is 8.87. The van der Waals surface area contributed by atoms with Crippen molar-refractivity contribution in [1.82, 2.24) is 9.55 Å². The summed E-state index contributed by atoms with van der Waals surface area (Å²) in [4.78, 5) is 5.19. The van der Waals surface area contributed by atoms with Crippen LogP contribution in [0.15, 0.2) is 84.9 Å². The van der Waals surface area contributed by atoms with E-state index in [0.29, 0.717) is 0 Å². The molecular formula is C28H30N2. The third-order valence-electron chi connectivity index (χ3n) is 6.69. The monoisotopic (exact) mass is 394 g/mol. The highest BCUT2D eigenvalue weighted by molar-refractivity contribution is 5.76.